The average Bonchev–Trinajstić information content (AvgIpc) is 2.49. The first-order valence-corrected chi connectivity index (χ1v) is 8.78. The topological polar surface area (TPSA) is 55.4 Å². The Balaban J connectivity index is 2.26. The van der Waals surface area contributed by atoms with Gasteiger partial charge in [-0.3, -0.25) is 4.72 Å². The summed E-state index contributed by atoms with van der Waals surface area (Å²) in [6.07, 6.45) is 0. The van der Waals surface area contributed by atoms with E-state index in [1.165, 1.54) is 30.3 Å². The molecule has 0 saturated heterocycles. The Morgan fingerprint density at radius 3 is 2.32 bits per heavy atom. The van der Waals surface area contributed by atoms with E-state index in [0.717, 1.165) is 0 Å². The fraction of sp³-hybridized carbons (Fsp3) is 0.222. The summed E-state index contributed by atoms with van der Waals surface area (Å²) in [7, 11) is -2.83. The van der Waals surface area contributed by atoms with Gasteiger partial charge in [-0.25, -0.2) is 17.2 Å². The lowest BCUT2D eigenvalue weighted by atomic mass is 9.86. The van der Waals surface area contributed by atoms with Crippen molar-refractivity contribution in [3.63, 3.8) is 0 Å². The summed E-state index contributed by atoms with van der Waals surface area (Å²) in [5.74, 6) is -0.512. The molecule has 1 heterocycles. The number of hydrogen-bond acceptors (Lipinski definition) is 3. The number of aryl methyl sites for hydroxylation is 1. The largest absolute Gasteiger partial charge is 0.480 e. The summed E-state index contributed by atoms with van der Waals surface area (Å²) in [4.78, 5) is 0. The van der Waals surface area contributed by atoms with Crippen molar-refractivity contribution in [2.45, 2.75) is 26.4 Å². The molecule has 7 heteroatoms. The van der Waals surface area contributed by atoms with Crippen LogP contribution >= 0.6 is 0 Å². The molecular formula is C18H17F2NO3S. The van der Waals surface area contributed by atoms with Gasteiger partial charge in [-0.15, -0.1) is 0 Å². The number of anilines is 1. The van der Waals surface area contributed by atoms with Gasteiger partial charge in [0.25, 0.3) is 0 Å². The summed E-state index contributed by atoms with van der Waals surface area (Å²) < 4.78 is 58.3. The first-order valence-electron chi connectivity index (χ1n) is 7.60. The number of ether oxygens (including phenoxy) is 1. The SMILES string of the molecule is Cc1cc(N[SH](=O)=O)cc2c1C(c1ccc(F)cc1)=C(F)C(C)(C)O2. The van der Waals surface area contributed by atoms with E-state index in [9.17, 15) is 12.8 Å². The van der Waals surface area contributed by atoms with Crippen molar-refractivity contribution >= 4 is 22.2 Å². The van der Waals surface area contributed by atoms with Gasteiger partial charge in [0.1, 0.15) is 11.6 Å². The van der Waals surface area contributed by atoms with Crippen LogP contribution in [0.15, 0.2) is 42.2 Å². The Morgan fingerprint density at radius 1 is 1.08 bits per heavy atom. The van der Waals surface area contributed by atoms with E-state index in [0.29, 0.717) is 33.7 Å². The smallest absolute Gasteiger partial charge is 0.222 e. The maximum absolute atomic E-state index is 15.1. The zero-order chi connectivity index (χ0) is 18.4. The molecule has 0 fully saturated rings. The molecule has 1 aliphatic rings. The van der Waals surface area contributed by atoms with E-state index < -0.39 is 28.1 Å². The van der Waals surface area contributed by atoms with Gasteiger partial charge in [-0.05, 0) is 50.1 Å². The van der Waals surface area contributed by atoms with Crippen LogP contribution in [0.3, 0.4) is 0 Å². The molecule has 0 aliphatic carbocycles. The van der Waals surface area contributed by atoms with Gasteiger partial charge in [-0.2, -0.15) is 0 Å². The van der Waals surface area contributed by atoms with Crippen molar-refractivity contribution in [1.82, 2.24) is 0 Å². The van der Waals surface area contributed by atoms with Crippen molar-refractivity contribution < 1.29 is 21.9 Å². The van der Waals surface area contributed by atoms with Crippen molar-refractivity contribution in [2.75, 3.05) is 4.72 Å². The maximum atomic E-state index is 15.1. The fourth-order valence-corrected chi connectivity index (χ4v) is 3.28. The van der Waals surface area contributed by atoms with E-state index in [-0.39, 0.29) is 0 Å². The minimum absolute atomic E-state index is 0.321. The van der Waals surface area contributed by atoms with Crippen LogP contribution in [-0.4, -0.2) is 14.0 Å². The number of fused-ring (bicyclic) bond motifs is 1. The normalized spacial score (nSPS) is 15.8. The van der Waals surface area contributed by atoms with Crippen molar-refractivity contribution in [3.05, 3.63) is 64.7 Å². The number of benzene rings is 2. The Kier molecular flexibility index (Phi) is 4.28. The van der Waals surface area contributed by atoms with E-state index in [4.69, 9.17) is 4.74 Å². The molecule has 3 rings (SSSR count). The second-order valence-electron chi connectivity index (χ2n) is 6.34. The number of nitrogens with one attached hydrogen (secondary N) is 1. The van der Waals surface area contributed by atoms with E-state index in [1.807, 2.05) is 0 Å². The highest BCUT2D eigenvalue weighted by Crippen LogP contribution is 2.46. The van der Waals surface area contributed by atoms with Crippen LogP contribution in [0.1, 0.15) is 30.5 Å². The fourth-order valence-electron chi connectivity index (χ4n) is 2.94. The molecule has 2 aromatic rings. The van der Waals surface area contributed by atoms with Crippen molar-refractivity contribution in [2.24, 2.45) is 0 Å². The zero-order valence-electron chi connectivity index (χ0n) is 13.9. The third-order valence-corrected chi connectivity index (χ3v) is 4.46. The van der Waals surface area contributed by atoms with E-state index in [1.54, 1.807) is 26.8 Å². The highest BCUT2D eigenvalue weighted by molar-refractivity contribution is 7.73. The highest BCUT2D eigenvalue weighted by Gasteiger charge is 2.37. The molecule has 1 aliphatic heterocycles. The summed E-state index contributed by atoms with van der Waals surface area (Å²) in [5.41, 5.74) is 1.11. The Bertz CT molecular complexity index is 940. The van der Waals surface area contributed by atoms with Gasteiger partial charge >= 0.3 is 0 Å². The lowest BCUT2D eigenvalue weighted by Crippen LogP contribution is -2.33. The monoisotopic (exact) mass is 365 g/mol. The van der Waals surface area contributed by atoms with Gasteiger partial charge in [-0.1, -0.05) is 12.1 Å². The second kappa shape index (κ2) is 6.15. The standard InChI is InChI=1S/C18H17F2NO3S/c1-10-8-13(21-25(22)23)9-14-15(10)16(17(20)18(2,3)24-14)11-4-6-12(19)7-5-11/h4-9,25H,1-3H3,(H,21,22,23). The number of rotatable bonds is 3. The molecular weight excluding hydrogens is 348 g/mol. The van der Waals surface area contributed by atoms with E-state index in [2.05, 4.69) is 4.72 Å². The van der Waals surface area contributed by atoms with Crippen LogP contribution in [0.5, 0.6) is 5.75 Å². The minimum atomic E-state index is -2.83. The second-order valence-corrected chi connectivity index (χ2v) is 7.08. The van der Waals surface area contributed by atoms with Crippen LogP contribution in [0.25, 0.3) is 5.57 Å². The molecule has 1 N–H and O–H groups in total. The van der Waals surface area contributed by atoms with Gasteiger partial charge < -0.3 is 4.74 Å². The summed E-state index contributed by atoms with van der Waals surface area (Å²) in [6, 6.07) is 8.68. The first kappa shape index (κ1) is 17.4. The van der Waals surface area contributed by atoms with Crippen LogP contribution in [0.2, 0.25) is 0 Å². The molecule has 0 amide bonds. The Morgan fingerprint density at radius 2 is 1.72 bits per heavy atom. The third kappa shape index (κ3) is 3.24. The Hall–Kier alpha value is -2.41. The summed E-state index contributed by atoms with van der Waals surface area (Å²) in [6.45, 7) is 4.90. The molecule has 0 spiro atoms. The van der Waals surface area contributed by atoms with E-state index >= 15 is 4.39 Å². The van der Waals surface area contributed by atoms with Crippen LogP contribution < -0.4 is 9.46 Å². The number of hydrogen-bond donors (Lipinski definition) is 2. The van der Waals surface area contributed by atoms with Gasteiger partial charge in [0, 0.05) is 17.2 Å². The first-order chi connectivity index (χ1) is 11.7. The Labute approximate surface area is 146 Å². The van der Waals surface area contributed by atoms with Crippen molar-refractivity contribution in [3.8, 4) is 5.75 Å². The average molecular weight is 365 g/mol. The summed E-state index contributed by atoms with van der Waals surface area (Å²) >= 11 is 0. The number of thiol groups is 1. The van der Waals surface area contributed by atoms with Crippen LogP contribution in [0.4, 0.5) is 14.5 Å². The highest BCUT2D eigenvalue weighted by atomic mass is 32.2. The molecule has 0 atom stereocenters. The molecule has 0 saturated carbocycles. The molecule has 2 aromatic carbocycles. The maximum Gasteiger partial charge on any atom is 0.222 e. The van der Waals surface area contributed by atoms with Crippen LogP contribution in [0, 0.1) is 12.7 Å². The molecule has 0 aromatic heterocycles. The zero-order valence-corrected chi connectivity index (χ0v) is 14.8. The molecule has 0 unspecified atom stereocenters. The lowest BCUT2D eigenvalue weighted by Gasteiger charge is -2.34. The van der Waals surface area contributed by atoms with Crippen molar-refractivity contribution in [1.29, 1.82) is 0 Å². The predicted molar refractivity (Wildman–Crippen MR) is 93.4 cm³/mol. The molecule has 4 nitrogen and oxygen atoms in total. The third-order valence-electron chi connectivity index (χ3n) is 4.02. The van der Waals surface area contributed by atoms with Gasteiger partial charge in [0.05, 0.1) is 5.69 Å². The molecule has 132 valence electrons. The minimum Gasteiger partial charge on any atom is -0.480 e. The summed E-state index contributed by atoms with van der Waals surface area (Å²) in [5, 5.41) is 0. The quantitative estimate of drug-likeness (QED) is 0.809. The molecule has 25 heavy (non-hydrogen) atoms. The lowest BCUT2D eigenvalue weighted by molar-refractivity contribution is 0.117. The predicted octanol–water partition coefficient (Wildman–Crippen LogP) is 3.97. The number of halogens is 2. The van der Waals surface area contributed by atoms with Crippen LogP contribution in [-0.2, 0) is 10.9 Å². The van der Waals surface area contributed by atoms with Gasteiger partial charge in [0.2, 0.25) is 10.9 Å². The molecule has 0 bridgehead atoms. The molecule has 0 radical (unpaired) electrons. The van der Waals surface area contributed by atoms with Gasteiger partial charge in [0.15, 0.2) is 11.4 Å².